The van der Waals surface area contributed by atoms with Crippen molar-refractivity contribution in [2.75, 3.05) is 13.2 Å². The molecule has 10 atom stereocenters. The van der Waals surface area contributed by atoms with Crippen LogP contribution in [0.25, 0.3) is 6.08 Å². The molecule has 0 aliphatic carbocycles. The molecular formula is C32H44O12. The van der Waals surface area contributed by atoms with Crippen molar-refractivity contribution in [3.8, 4) is 11.5 Å². The highest BCUT2D eigenvalue weighted by Gasteiger charge is 2.61. The Bertz CT molecular complexity index is 1170. The number of fused-ring (bicyclic) bond motifs is 2. The molecular weight excluding hydrogens is 576 g/mol. The van der Waals surface area contributed by atoms with E-state index in [2.05, 4.69) is 6.58 Å². The first-order valence-electron chi connectivity index (χ1n) is 15.4. The SMILES string of the molecule is C=Cc1cc(O[C@@H]2[C@H]3OC(C)(C)O[C@H]3O[C@@H]2[C@H]2COC(C)(C)O2)cc(O[C@@H]2[C@H]3OC(C)(C)O[C@H]3O[C@@H]2[C@H]2COC(C)(C)O2)c1. The minimum absolute atomic E-state index is 0.356. The summed E-state index contributed by atoms with van der Waals surface area (Å²) in [5.74, 6) is -2.03. The maximum absolute atomic E-state index is 6.67. The van der Waals surface area contributed by atoms with Gasteiger partial charge in [-0.05, 0) is 73.1 Å². The van der Waals surface area contributed by atoms with Gasteiger partial charge < -0.3 is 56.8 Å². The Morgan fingerprint density at radius 2 is 1.02 bits per heavy atom. The molecule has 0 bridgehead atoms. The third-order valence-corrected chi connectivity index (χ3v) is 8.53. The monoisotopic (exact) mass is 620 g/mol. The molecule has 0 saturated carbocycles. The molecule has 7 rings (SSSR count). The lowest BCUT2D eigenvalue weighted by molar-refractivity contribution is -0.230. The summed E-state index contributed by atoms with van der Waals surface area (Å²) >= 11 is 0. The fourth-order valence-electron chi connectivity index (χ4n) is 6.79. The van der Waals surface area contributed by atoms with Crippen LogP contribution in [-0.4, -0.2) is 97.8 Å². The Morgan fingerprint density at radius 3 is 1.39 bits per heavy atom. The van der Waals surface area contributed by atoms with Gasteiger partial charge in [0.2, 0.25) is 0 Å². The second kappa shape index (κ2) is 10.6. The summed E-state index contributed by atoms with van der Waals surface area (Å²) in [5, 5.41) is 0. The van der Waals surface area contributed by atoms with Gasteiger partial charge in [0.15, 0.2) is 60.1 Å². The van der Waals surface area contributed by atoms with Gasteiger partial charge in [0.25, 0.3) is 0 Å². The van der Waals surface area contributed by atoms with E-state index in [1.54, 1.807) is 6.08 Å². The van der Waals surface area contributed by atoms with E-state index < -0.39 is 72.4 Å². The van der Waals surface area contributed by atoms with Crippen molar-refractivity contribution in [1.82, 2.24) is 0 Å². The minimum Gasteiger partial charge on any atom is -0.484 e. The van der Waals surface area contributed by atoms with E-state index in [1.807, 2.05) is 73.6 Å². The van der Waals surface area contributed by atoms with Gasteiger partial charge in [0, 0.05) is 6.07 Å². The molecule has 0 aromatic heterocycles. The normalized spacial score (nSPS) is 42.7. The highest BCUT2D eigenvalue weighted by Crippen LogP contribution is 2.45. The van der Waals surface area contributed by atoms with Gasteiger partial charge in [-0.25, -0.2) is 0 Å². The van der Waals surface area contributed by atoms with Crippen molar-refractivity contribution in [3.05, 3.63) is 30.3 Å². The van der Waals surface area contributed by atoms with Gasteiger partial charge in [-0.15, -0.1) is 0 Å². The van der Waals surface area contributed by atoms with E-state index in [4.69, 9.17) is 56.8 Å². The van der Waals surface area contributed by atoms with Gasteiger partial charge in [-0.3, -0.25) is 0 Å². The zero-order valence-corrected chi connectivity index (χ0v) is 26.6. The third kappa shape index (κ3) is 5.90. The lowest BCUT2D eigenvalue weighted by Crippen LogP contribution is -2.46. The van der Waals surface area contributed by atoms with Gasteiger partial charge in [0.05, 0.1) is 13.2 Å². The first kappa shape index (κ1) is 30.8. The summed E-state index contributed by atoms with van der Waals surface area (Å²) in [4.78, 5) is 0. The fourth-order valence-corrected chi connectivity index (χ4v) is 6.79. The van der Waals surface area contributed by atoms with Crippen molar-refractivity contribution in [3.63, 3.8) is 0 Å². The number of ether oxygens (including phenoxy) is 12. The molecule has 0 radical (unpaired) electrons. The van der Waals surface area contributed by atoms with Crippen LogP contribution >= 0.6 is 0 Å². The fraction of sp³-hybridized carbons (Fsp3) is 0.750. The second-order valence-electron chi connectivity index (χ2n) is 14.0. The summed E-state index contributed by atoms with van der Waals surface area (Å²) in [6.45, 7) is 19.6. The summed E-state index contributed by atoms with van der Waals surface area (Å²) in [7, 11) is 0. The van der Waals surface area contributed by atoms with Crippen LogP contribution in [0.15, 0.2) is 24.8 Å². The van der Waals surface area contributed by atoms with Crippen molar-refractivity contribution in [2.24, 2.45) is 0 Å². The number of hydrogen-bond acceptors (Lipinski definition) is 12. The summed E-state index contributed by atoms with van der Waals surface area (Å²) in [5.41, 5.74) is 0.799. The quantitative estimate of drug-likeness (QED) is 0.441. The van der Waals surface area contributed by atoms with Crippen LogP contribution in [0.3, 0.4) is 0 Å². The molecule has 0 unspecified atom stereocenters. The van der Waals surface area contributed by atoms with Gasteiger partial charge in [-0.1, -0.05) is 12.7 Å². The Kier molecular flexibility index (Phi) is 7.41. The van der Waals surface area contributed by atoms with E-state index in [9.17, 15) is 0 Å². The maximum atomic E-state index is 6.67. The molecule has 44 heavy (non-hydrogen) atoms. The second-order valence-corrected chi connectivity index (χ2v) is 14.0. The van der Waals surface area contributed by atoms with Crippen LogP contribution in [0.5, 0.6) is 11.5 Å². The molecule has 1 aromatic carbocycles. The Balaban J connectivity index is 1.16. The van der Waals surface area contributed by atoms with E-state index >= 15 is 0 Å². The first-order chi connectivity index (χ1) is 20.6. The first-order valence-corrected chi connectivity index (χ1v) is 15.4. The highest BCUT2D eigenvalue weighted by molar-refractivity contribution is 5.54. The minimum atomic E-state index is -0.822. The number of rotatable bonds is 7. The Hall–Kier alpha value is -1.84. The lowest BCUT2D eigenvalue weighted by atomic mass is 10.1. The van der Waals surface area contributed by atoms with Crippen LogP contribution in [0.1, 0.15) is 61.0 Å². The average molecular weight is 621 g/mol. The molecule has 12 nitrogen and oxygen atoms in total. The maximum Gasteiger partial charge on any atom is 0.191 e. The number of hydrogen-bond donors (Lipinski definition) is 0. The Labute approximate surface area is 258 Å². The summed E-state index contributed by atoms with van der Waals surface area (Å²) in [6.07, 6.45) is -3.30. The van der Waals surface area contributed by atoms with Crippen LogP contribution < -0.4 is 9.47 Å². The van der Waals surface area contributed by atoms with Gasteiger partial charge in [0.1, 0.15) is 35.9 Å². The largest absolute Gasteiger partial charge is 0.484 e. The lowest BCUT2D eigenvalue weighted by Gasteiger charge is -2.30. The van der Waals surface area contributed by atoms with E-state index in [0.29, 0.717) is 24.7 Å². The molecule has 0 spiro atoms. The average Bonchev–Trinajstić information content (AvgIpc) is 3.73. The molecule has 0 amide bonds. The van der Waals surface area contributed by atoms with Crippen LogP contribution in [0, 0.1) is 0 Å². The van der Waals surface area contributed by atoms with E-state index in [0.717, 1.165) is 5.56 Å². The number of benzene rings is 1. The summed E-state index contributed by atoms with van der Waals surface area (Å²) < 4.78 is 74.6. The van der Waals surface area contributed by atoms with Gasteiger partial charge in [-0.2, -0.15) is 0 Å². The molecule has 6 saturated heterocycles. The zero-order chi connectivity index (χ0) is 31.2. The van der Waals surface area contributed by atoms with Crippen LogP contribution in [0.4, 0.5) is 0 Å². The standard InChI is InChI=1S/C32H44O12/c1-10-16-11-17(35-23-21(19-14-33-29(2,3)39-19)37-27-25(23)41-31(6,7)43-27)13-18(12-16)36-24-22(20-15-34-30(4,5)40-20)38-28-26(24)42-32(8,9)44-28/h10-13,19-28H,1,14-15H2,2-9H3/t19-,20-,21-,22-,23+,24+,25-,26-,27-,28-/m1/s1. The predicted molar refractivity (Wildman–Crippen MR) is 153 cm³/mol. The van der Waals surface area contributed by atoms with Crippen molar-refractivity contribution >= 4 is 6.08 Å². The van der Waals surface area contributed by atoms with Crippen molar-refractivity contribution < 1.29 is 56.8 Å². The predicted octanol–water partition coefficient (Wildman–Crippen LogP) is 3.88. The Morgan fingerprint density at radius 1 is 0.591 bits per heavy atom. The molecule has 6 aliphatic heterocycles. The van der Waals surface area contributed by atoms with Crippen molar-refractivity contribution in [1.29, 1.82) is 0 Å². The van der Waals surface area contributed by atoms with E-state index in [1.165, 1.54) is 0 Å². The molecule has 244 valence electrons. The summed E-state index contributed by atoms with van der Waals surface area (Å²) in [6, 6.07) is 5.61. The topological polar surface area (TPSA) is 111 Å². The molecule has 6 fully saturated rings. The van der Waals surface area contributed by atoms with Crippen LogP contribution in [0.2, 0.25) is 0 Å². The molecule has 0 N–H and O–H groups in total. The smallest absolute Gasteiger partial charge is 0.191 e. The molecule has 1 aromatic rings. The third-order valence-electron chi connectivity index (χ3n) is 8.53. The molecule has 12 heteroatoms. The highest BCUT2D eigenvalue weighted by atomic mass is 16.9. The van der Waals surface area contributed by atoms with Crippen LogP contribution in [-0.2, 0) is 47.4 Å². The van der Waals surface area contributed by atoms with E-state index in [-0.39, 0.29) is 12.2 Å². The molecule has 6 aliphatic rings. The van der Waals surface area contributed by atoms with Crippen molar-refractivity contribution in [2.45, 2.75) is 140 Å². The molecule has 6 heterocycles. The zero-order valence-electron chi connectivity index (χ0n) is 26.6. The van der Waals surface area contributed by atoms with Gasteiger partial charge >= 0.3 is 0 Å².